The minimum absolute atomic E-state index is 0.0201. The average Bonchev–Trinajstić information content (AvgIpc) is 2.96. The first kappa shape index (κ1) is 21.4. The molecule has 1 amide bonds. The Balaban J connectivity index is 2.06. The summed E-state index contributed by atoms with van der Waals surface area (Å²) in [4.78, 5) is 32.3. The number of ether oxygens (including phenoxy) is 1. The van der Waals surface area contributed by atoms with Crippen molar-refractivity contribution in [1.82, 2.24) is 14.3 Å². The van der Waals surface area contributed by atoms with Gasteiger partial charge in [0.1, 0.15) is 15.8 Å². The maximum atomic E-state index is 13.2. The van der Waals surface area contributed by atoms with Gasteiger partial charge in [-0.1, -0.05) is 30.0 Å². The molecule has 29 heavy (non-hydrogen) atoms. The van der Waals surface area contributed by atoms with E-state index < -0.39 is 0 Å². The predicted octanol–water partition coefficient (Wildman–Crippen LogP) is 1.64. The molecule has 2 aromatic rings. The lowest BCUT2D eigenvalue weighted by Crippen LogP contribution is -2.31. The Hall–Kier alpha value is -2.27. The summed E-state index contributed by atoms with van der Waals surface area (Å²) in [5.41, 5.74) is 1.40. The zero-order chi connectivity index (χ0) is 21.0. The molecule has 1 saturated heterocycles. The van der Waals surface area contributed by atoms with Crippen LogP contribution < -0.4 is 10.9 Å². The Bertz CT molecular complexity index is 1030. The Kier molecular flexibility index (Phi) is 7.01. The molecule has 0 bridgehead atoms. The van der Waals surface area contributed by atoms with E-state index in [9.17, 15) is 9.59 Å². The van der Waals surface area contributed by atoms with E-state index in [-0.39, 0.29) is 23.6 Å². The van der Waals surface area contributed by atoms with Crippen molar-refractivity contribution in [1.29, 1.82) is 0 Å². The van der Waals surface area contributed by atoms with E-state index >= 15 is 0 Å². The number of amides is 1. The van der Waals surface area contributed by atoms with Gasteiger partial charge in [0.25, 0.3) is 11.5 Å². The van der Waals surface area contributed by atoms with E-state index in [0.717, 1.165) is 17.3 Å². The molecular weight excluding hydrogens is 412 g/mol. The number of aromatic nitrogens is 2. The third-order valence-electron chi connectivity index (χ3n) is 4.30. The number of carbonyl (C=O) groups is 1. The van der Waals surface area contributed by atoms with Crippen molar-refractivity contribution in [2.45, 2.75) is 13.3 Å². The summed E-state index contributed by atoms with van der Waals surface area (Å²) in [5.74, 6) is 0.113. The molecule has 0 spiro atoms. The van der Waals surface area contributed by atoms with E-state index in [1.807, 2.05) is 13.0 Å². The zero-order valence-electron chi connectivity index (χ0n) is 16.2. The second-order valence-electron chi connectivity index (χ2n) is 6.44. The van der Waals surface area contributed by atoms with Crippen LogP contribution in [0.15, 0.2) is 28.0 Å². The fourth-order valence-corrected chi connectivity index (χ4v) is 4.11. The molecule has 0 atom stereocenters. The molecular formula is C19H22N4O4S2. The number of rotatable bonds is 8. The van der Waals surface area contributed by atoms with Crippen LogP contribution in [0.4, 0.5) is 5.82 Å². The highest BCUT2D eigenvalue weighted by atomic mass is 32.2. The lowest BCUT2D eigenvalue weighted by molar-refractivity contribution is -0.122. The number of nitrogens with one attached hydrogen (secondary N) is 1. The second kappa shape index (κ2) is 9.49. The predicted molar refractivity (Wildman–Crippen MR) is 118 cm³/mol. The van der Waals surface area contributed by atoms with Gasteiger partial charge < -0.3 is 15.2 Å². The molecule has 3 heterocycles. The number of thioether (sulfide) groups is 1. The molecule has 0 unspecified atom stereocenters. The lowest BCUT2D eigenvalue weighted by Gasteiger charge is -2.13. The van der Waals surface area contributed by atoms with E-state index in [2.05, 4.69) is 10.3 Å². The summed E-state index contributed by atoms with van der Waals surface area (Å²) in [5, 5.41) is 12.1. The Morgan fingerprint density at radius 3 is 2.90 bits per heavy atom. The summed E-state index contributed by atoms with van der Waals surface area (Å²) in [6.07, 6.45) is 3.76. The number of methoxy groups -OCH3 is 1. The molecule has 2 N–H and O–H groups in total. The van der Waals surface area contributed by atoms with Crippen LogP contribution in [-0.4, -0.2) is 63.0 Å². The highest BCUT2D eigenvalue weighted by Gasteiger charge is 2.32. The van der Waals surface area contributed by atoms with Crippen LogP contribution in [0.25, 0.3) is 11.7 Å². The summed E-state index contributed by atoms with van der Waals surface area (Å²) >= 11 is 6.45. The number of hydrogen-bond donors (Lipinski definition) is 2. The first-order valence-corrected chi connectivity index (χ1v) is 10.3. The Morgan fingerprint density at radius 2 is 2.17 bits per heavy atom. The highest BCUT2D eigenvalue weighted by Crippen LogP contribution is 2.32. The molecule has 2 aromatic heterocycles. The van der Waals surface area contributed by atoms with Gasteiger partial charge in [-0.15, -0.1) is 0 Å². The minimum Gasteiger partial charge on any atom is -0.396 e. The third kappa shape index (κ3) is 4.67. The van der Waals surface area contributed by atoms with Crippen LogP contribution in [0.5, 0.6) is 0 Å². The first-order chi connectivity index (χ1) is 14.0. The van der Waals surface area contributed by atoms with E-state index in [0.29, 0.717) is 46.8 Å². The summed E-state index contributed by atoms with van der Waals surface area (Å²) < 4.78 is 6.92. The van der Waals surface area contributed by atoms with Gasteiger partial charge in [-0.2, -0.15) is 0 Å². The molecule has 0 aromatic carbocycles. The van der Waals surface area contributed by atoms with Gasteiger partial charge in [0.15, 0.2) is 0 Å². The summed E-state index contributed by atoms with van der Waals surface area (Å²) in [7, 11) is 1.56. The largest absolute Gasteiger partial charge is 0.396 e. The van der Waals surface area contributed by atoms with Crippen LogP contribution in [0, 0.1) is 6.92 Å². The van der Waals surface area contributed by atoms with Crippen molar-refractivity contribution < 1.29 is 14.6 Å². The van der Waals surface area contributed by atoms with Crippen LogP contribution >= 0.6 is 24.0 Å². The van der Waals surface area contributed by atoms with Crippen molar-refractivity contribution >= 4 is 51.7 Å². The van der Waals surface area contributed by atoms with Crippen LogP contribution in [0.1, 0.15) is 17.5 Å². The molecule has 3 rings (SSSR count). The number of hydrogen-bond acceptors (Lipinski definition) is 8. The van der Waals surface area contributed by atoms with Gasteiger partial charge in [-0.05, 0) is 31.1 Å². The van der Waals surface area contributed by atoms with Gasteiger partial charge in [0.05, 0.1) is 23.6 Å². The monoisotopic (exact) mass is 434 g/mol. The van der Waals surface area contributed by atoms with Gasteiger partial charge in [0, 0.05) is 26.5 Å². The number of thiocarbonyl (C=S) groups is 1. The van der Waals surface area contributed by atoms with Gasteiger partial charge in [-0.3, -0.25) is 18.9 Å². The van der Waals surface area contributed by atoms with Crippen LogP contribution in [-0.2, 0) is 9.53 Å². The minimum atomic E-state index is -0.285. The SMILES string of the molecule is COCCN1C(=O)/C(=C\c2c(NCCCO)nc3ccc(C)cn3c2=O)SC1=S. The van der Waals surface area contributed by atoms with Crippen molar-refractivity contribution in [2.24, 2.45) is 0 Å². The van der Waals surface area contributed by atoms with Gasteiger partial charge in [0.2, 0.25) is 0 Å². The van der Waals surface area contributed by atoms with Crippen LogP contribution in [0.2, 0.25) is 0 Å². The molecule has 0 aliphatic carbocycles. The van der Waals surface area contributed by atoms with E-state index in [1.54, 1.807) is 19.4 Å². The van der Waals surface area contributed by atoms with Crippen molar-refractivity contribution in [3.05, 3.63) is 44.7 Å². The Morgan fingerprint density at radius 1 is 1.38 bits per heavy atom. The zero-order valence-corrected chi connectivity index (χ0v) is 17.8. The van der Waals surface area contributed by atoms with Gasteiger partial charge >= 0.3 is 0 Å². The number of anilines is 1. The third-order valence-corrected chi connectivity index (χ3v) is 5.68. The molecule has 154 valence electrons. The quantitative estimate of drug-likeness (QED) is 0.368. The van der Waals surface area contributed by atoms with E-state index in [1.165, 1.54) is 15.4 Å². The topological polar surface area (TPSA) is 96.2 Å². The molecule has 0 radical (unpaired) electrons. The van der Waals surface area contributed by atoms with Crippen molar-refractivity contribution in [3.8, 4) is 0 Å². The molecule has 10 heteroatoms. The smallest absolute Gasteiger partial charge is 0.267 e. The number of aryl methyl sites for hydroxylation is 1. The molecule has 0 saturated carbocycles. The number of carbonyl (C=O) groups excluding carboxylic acids is 1. The maximum absolute atomic E-state index is 13.2. The normalized spacial score (nSPS) is 15.7. The fourth-order valence-electron chi connectivity index (χ4n) is 2.82. The number of nitrogens with zero attached hydrogens (tertiary/aromatic N) is 3. The summed E-state index contributed by atoms with van der Waals surface area (Å²) in [6, 6.07) is 3.64. The molecule has 8 nitrogen and oxygen atoms in total. The van der Waals surface area contributed by atoms with Crippen molar-refractivity contribution in [3.63, 3.8) is 0 Å². The maximum Gasteiger partial charge on any atom is 0.267 e. The number of fused-ring (bicyclic) bond motifs is 1. The van der Waals surface area contributed by atoms with Gasteiger partial charge in [-0.25, -0.2) is 4.98 Å². The summed E-state index contributed by atoms with van der Waals surface area (Å²) in [6.45, 7) is 3.08. The number of aliphatic hydroxyl groups is 1. The number of pyridine rings is 1. The standard InChI is InChI=1S/C19H22N4O4S2/c1-12-4-5-15-21-16(20-6-3-8-24)13(17(25)23(15)11-12)10-14-18(26)22(7-9-27-2)19(28)29-14/h4-5,10-11,20,24H,3,6-9H2,1-2H3/b14-10+. The first-order valence-electron chi connectivity index (χ1n) is 9.08. The van der Waals surface area contributed by atoms with Crippen molar-refractivity contribution in [2.75, 3.05) is 38.7 Å². The second-order valence-corrected chi connectivity index (χ2v) is 8.12. The Labute approximate surface area is 177 Å². The fraction of sp³-hybridized carbons (Fsp3) is 0.368. The molecule has 1 aliphatic heterocycles. The highest BCUT2D eigenvalue weighted by molar-refractivity contribution is 8.26. The lowest BCUT2D eigenvalue weighted by atomic mass is 10.2. The van der Waals surface area contributed by atoms with Crippen LogP contribution in [0.3, 0.4) is 0 Å². The molecule has 1 aliphatic rings. The number of aliphatic hydroxyl groups excluding tert-OH is 1. The molecule has 1 fully saturated rings. The average molecular weight is 435 g/mol. The van der Waals surface area contributed by atoms with E-state index in [4.69, 9.17) is 22.1 Å².